The second-order valence-electron chi connectivity index (χ2n) is 4.43. The zero-order chi connectivity index (χ0) is 13.7. The molecule has 3 amide bonds. The lowest BCUT2D eigenvalue weighted by atomic mass is 10.3. The van der Waals surface area contributed by atoms with Gasteiger partial charge in [0.25, 0.3) is 0 Å². The number of urea groups is 1. The Morgan fingerprint density at radius 2 is 1.56 bits per heavy atom. The molecule has 0 aromatic carbocycles. The monoisotopic (exact) mass is 257 g/mol. The maximum absolute atomic E-state index is 11.9. The first-order chi connectivity index (χ1) is 8.41. The van der Waals surface area contributed by atoms with Gasteiger partial charge in [-0.3, -0.25) is 9.59 Å². The molecule has 3 N–H and O–H groups in total. The van der Waals surface area contributed by atoms with Gasteiger partial charge in [-0.15, -0.1) is 0 Å². The summed E-state index contributed by atoms with van der Waals surface area (Å²) in [4.78, 5) is 35.5. The van der Waals surface area contributed by atoms with Crippen molar-refractivity contribution >= 4 is 17.9 Å². The first kappa shape index (κ1) is 14.3. The predicted molar refractivity (Wildman–Crippen MR) is 64.0 cm³/mol. The van der Waals surface area contributed by atoms with Gasteiger partial charge in [-0.25, -0.2) is 4.79 Å². The van der Waals surface area contributed by atoms with E-state index >= 15 is 0 Å². The fraction of sp³-hybridized carbons (Fsp3) is 0.727. The molecule has 0 spiro atoms. The molecule has 102 valence electrons. The molecule has 7 nitrogen and oxygen atoms in total. The van der Waals surface area contributed by atoms with Crippen LogP contribution in [0.5, 0.6) is 0 Å². The fourth-order valence-electron chi connectivity index (χ4n) is 1.77. The molecule has 0 radical (unpaired) electrons. The Bertz CT molecular complexity index is 339. The summed E-state index contributed by atoms with van der Waals surface area (Å²) in [6, 6.07) is -2.28. The first-order valence-corrected chi connectivity index (χ1v) is 6.00. The van der Waals surface area contributed by atoms with Gasteiger partial charge >= 0.3 is 12.0 Å². The summed E-state index contributed by atoms with van der Waals surface area (Å²) in [5.41, 5.74) is 0. The largest absolute Gasteiger partial charge is 0.480 e. The number of rotatable bonds is 4. The van der Waals surface area contributed by atoms with E-state index in [9.17, 15) is 14.4 Å². The Balaban J connectivity index is 2.38. The van der Waals surface area contributed by atoms with E-state index in [2.05, 4.69) is 10.6 Å². The van der Waals surface area contributed by atoms with Gasteiger partial charge < -0.3 is 20.6 Å². The summed E-state index contributed by atoms with van der Waals surface area (Å²) < 4.78 is 0. The van der Waals surface area contributed by atoms with Gasteiger partial charge in [-0.2, -0.15) is 0 Å². The Morgan fingerprint density at radius 3 is 2.06 bits per heavy atom. The van der Waals surface area contributed by atoms with Gasteiger partial charge in [0, 0.05) is 13.1 Å². The lowest BCUT2D eigenvalue weighted by Gasteiger charge is -2.21. The van der Waals surface area contributed by atoms with E-state index in [1.54, 1.807) is 11.8 Å². The zero-order valence-corrected chi connectivity index (χ0v) is 10.6. The molecule has 1 saturated heterocycles. The van der Waals surface area contributed by atoms with Crippen LogP contribution in [0, 0.1) is 0 Å². The van der Waals surface area contributed by atoms with Crippen LogP contribution >= 0.6 is 0 Å². The minimum Gasteiger partial charge on any atom is -0.480 e. The molecule has 1 aliphatic heterocycles. The minimum atomic E-state index is -1.12. The second kappa shape index (κ2) is 6.23. The van der Waals surface area contributed by atoms with Crippen LogP contribution in [-0.2, 0) is 9.59 Å². The van der Waals surface area contributed by atoms with Crippen LogP contribution < -0.4 is 10.6 Å². The van der Waals surface area contributed by atoms with Crippen molar-refractivity contribution in [3.05, 3.63) is 0 Å². The number of hydrogen-bond acceptors (Lipinski definition) is 3. The van der Waals surface area contributed by atoms with Crippen molar-refractivity contribution in [2.45, 2.75) is 38.8 Å². The number of carbonyl (C=O) groups excluding carboxylic acids is 2. The summed E-state index contributed by atoms with van der Waals surface area (Å²) in [5, 5.41) is 13.3. The number of amides is 3. The average Bonchev–Trinajstić information content (AvgIpc) is 2.80. The van der Waals surface area contributed by atoms with Crippen LogP contribution in [0.2, 0.25) is 0 Å². The molecule has 2 atom stereocenters. The maximum Gasteiger partial charge on any atom is 0.325 e. The van der Waals surface area contributed by atoms with E-state index in [1.807, 2.05) is 0 Å². The van der Waals surface area contributed by atoms with Crippen molar-refractivity contribution in [3.8, 4) is 0 Å². The SMILES string of the molecule is CC(NC(=O)NC(C)C(=O)N1CCCC1)C(=O)O. The van der Waals surface area contributed by atoms with E-state index in [0.717, 1.165) is 25.9 Å². The fourth-order valence-corrected chi connectivity index (χ4v) is 1.77. The quantitative estimate of drug-likeness (QED) is 0.647. The summed E-state index contributed by atoms with van der Waals surface area (Å²) in [7, 11) is 0. The predicted octanol–water partition coefficient (Wildman–Crippen LogP) is -0.230. The number of carboxylic acids is 1. The van der Waals surface area contributed by atoms with Crippen molar-refractivity contribution in [1.29, 1.82) is 0 Å². The van der Waals surface area contributed by atoms with Gasteiger partial charge in [0.2, 0.25) is 5.91 Å². The van der Waals surface area contributed by atoms with Gasteiger partial charge in [-0.1, -0.05) is 0 Å². The third-order valence-corrected chi connectivity index (χ3v) is 2.85. The van der Waals surface area contributed by atoms with Crippen LogP contribution in [0.25, 0.3) is 0 Å². The molecule has 0 aromatic heterocycles. The van der Waals surface area contributed by atoms with Crippen molar-refractivity contribution in [3.63, 3.8) is 0 Å². The number of aliphatic carboxylic acids is 1. The molecule has 0 bridgehead atoms. The highest BCUT2D eigenvalue weighted by Gasteiger charge is 2.25. The number of carbonyl (C=O) groups is 3. The lowest BCUT2D eigenvalue weighted by Crippen LogP contribution is -2.52. The van der Waals surface area contributed by atoms with E-state index in [1.165, 1.54) is 6.92 Å². The third kappa shape index (κ3) is 3.90. The topological polar surface area (TPSA) is 98.7 Å². The maximum atomic E-state index is 11.9. The van der Waals surface area contributed by atoms with Crippen LogP contribution in [0.3, 0.4) is 0 Å². The second-order valence-corrected chi connectivity index (χ2v) is 4.43. The standard InChI is InChI=1S/C11H19N3O4/c1-7(9(15)14-5-3-4-6-14)12-11(18)13-8(2)10(16)17/h7-8H,3-6H2,1-2H3,(H,16,17)(H2,12,13,18). The molecule has 2 unspecified atom stereocenters. The highest BCUT2D eigenvalue weighted by Crippen LogP contribution is 2.08. The first-order valence-electron chi connectivity index (χ1n) is 6.00. The lowest BCUT2D eigenvalue weighted by molar-refractivity contribution is -0.138. The van der Waals surface area contributed by atoms with Crippen molar-refractivity contribution < 1.29 is 19.5 Å². The minimum absolute atomic E-state index is 0.134. The number of nitrogens with zero attached hydrogens (tertiary/aromatic N) is 1. The molecule has 0 saturated carbocycles. The zero-order valence-electron chi connectivity index (χ0n) is 10.6. The molecule has 0 aromatic rings. The highest BCUT2D eigenvalue weighted by molar-refractivity contribution is 5.88. The molecule has 1 rings (SSSR count). The molecular weight excluding hydrogens is 238 g/mol. The van der Waals surface area contributed by atoms with E-state index in [-0.39, 0.29) is 5.91 Å². The van der Waals surface area contributed by atoms with Crippen LogP contribution in [0.1, 0.15) is 26.7 Å². The van der Waals surface area contributed by atoms with Crippen LogP contribution in [0.4, 0.5) is 4.79 Å². The van der Waals surface area contributed by atoms with Gasteiger partial charge in [0.05, 0.1) is 0 Å². The number of hydrogen-bond donors (Lipinski definition) is 3. The van der Waals surface area contributed by atoms with Crippen molar-refractivity contribution in [1.82, 2.24) is 15.5 Å². The van der Waals surface area contributed by atoms with Gasteiger partial charge in [0.1, 0.15) is 12.1 Å². The van der Waals surface area contributed by atoms with Crippen LogP contribution in [-0.4, -0.2) is 53.1 Å². The number of carboxylic acid groups (broad SMARTS) is 1. The Morgan fingerprint density at radius 1 is 1.06 bits per heavy atom. The molecule has 0 aliphatic carbocycles. The Hall–Kier alpha value is -1.79. The molecule has 1 heterocycles. The Labute approximate surface area is 106 Å². The molecule has 7 heteroatoms. The van der Waals surface area contributed by atoms with E-state index in [0.29, 0.717) is 0 Å². The van der Waals surface area contributed by atoms with Gasteiger partial charge in [-0.05, 0) is 26.7 Å². The van der Waals surface area contributed by atoms with Crippen LogP contribution in [0.15, 0.2) is 0 Å². The normalized spacial score (nSPS) is 18.0. The molecular formula is C11H19N3O4. The van der Waals surface area contributed by atoms with E-state index in [4.69, 9.17) is 5.11 Å². The van der Waals surface area contributed by atoms with Gasteiger partial charge in [0.15, 0.2) is 0 Å². The molecule has 1 aliphatic rings. The molecule has 18 heavy (non-hydrogen) atoms. The Kier molecular flexibility index (Phi) is 4.94. The van der Waals surface area contributed by atoms with E-state index < -0.39 is 24.1 Å². The number of likely N-dealkylation sites (tertiary alicyclic amines) is 1. The smallest absolute Gasteiger partial charge is 0.325 e. The summed E-state index contributed by atoms with van der Waals surface area (Å²) in [6.45, 7) is 4.39. The summed E-state index contributed by atoms with van der Waals surface area (Å²) >= 11 is 0. The summed E-state index contributed by atoms with van der Waals surface area (Å²) in [6.07, 6.45) is 1.97. The van der Waals surface area contributed by atoms with Crippen molar-refractivity contribution in [2.24, 2.45) is 0 Å². The molecule has 1 fully saturated rings. The summed E-state index contributed by atoms with van der Waals surface area (Å²) in [5.74, 6) is -1.26. The highest BCUT2D eigenvalue weighted by atomic mass is 16.4. The third-order valence-electron chi connectivity index (χ3n) is 2.85. The number of nitrogens with one attached hydrogen (secondary N) is 2. The van der Waals surface area contributed by atoms with Crippen molar-refractivity contribution in [2.75, 3.05) is 13.1 Å². The average molecular weight is 257 g/mol.